The Morgan fingerprint density at radius 1 is 0.938 bits per heavy atom. The Morgan fingerprint density at radius 2 is 1.47 bits per heavy atom. The molecule has 2 aliphatic carbocycles. The predicted octanol–water partition coefficient (Wildman–Crippen LogP) is -1.15. The van der Waals surface area contributed by atoms with Gasteiger partial charge in [0.25, 0.3) is 0 Å². The molecule has 12 heteroatoms. The minimum absolute atomic E-state index is 0.113. The highest BCUT2D eigenvalue weighted by molar-refractivity contribution is 7.90. The second-order valence-corrected chi connectivity index (χ2v) is 10.8. The molecule has 7 N–H and O–H groups in total. The zero-order chi connectivity index (χ0) is 23.3. The van der Waals surface area contributed by atoms with E-state index in [0.29, 0.717) is 0 Å². The van der Waals surface area contributed by atoms with Crippen LogP contribution in [-0.2, 0) is 35.7 Å². The van der Waals surface area contributed by atoms with Gasteiger partial charge in [0.2, 0.25) is 10.0 Å². The van der Waals surface area contributed by atoms with Gasteiger partial charge in [-0.15, -0.1) is 0 Å². The van der Waals surface area contributed by atoms with Crippen LogP contribution in [0.4, 0.5) is 10.5 Å². The average Bonchev–Trinajstić information content (AvgIpc) is 3.36. The van der Waals surface area contributed by atoms with Gasteiger partial charge in [0, 0.05) is 18.8 Å². The number of amides is 2. The number of likely N-dealkylation sites (tertiary alicyclic amines) is 1. The van der Waals surface area contributed by atoms with Crippen LogP contribution >= 0.6 is 0 Å². The Balaban J connectivity index is 1.42. The lowest BCUT2D eigenvalue weighted by atomic mass is 9.99. The van der Waals surface area contributed by atoms with E-state index in [9.17, 15) is 23.4 Å². The lowest BCUT2D eigenvalue weighted by molar-refractivity contribution is -0.486. The van der Waals surface area contributed by atoms with Crippen molar-refractivity contribution in [3.63, 3.8) is 0 Å². The van der Waals surface area contributed by atoms with Crippen LogP contribution in [0.1, 0.15) is 47.9 Å². The Bertz CT molecular complexity index is 978. The van der Waals surface area contributed by atoms with Crippen molar-refractivity contribution >= 4 is 21.7 Å². The van der Waals surface area contributed by atoms with Crippen molar-refractivity contribution in [2.45, 2.75) is 68.5 Å². The Labute approximate surface area is 185 Å². The third-order valence-electron chi connectivity index (χ3n) is 6.72. The van der Waals surface area contributed by atoms with Crippen LogP contribution in [0, 0.1) is 0 Å². The second-order valence-electron chi connectivity index (χ2n) is 8.79. The van der Waals surface area contributed by atoms with E-state index >= 15 is 0 Å². The summed E-state index contributed by atoms with van der Waals surface area (Å²) in [4.78, 5) is 13.4. The van der Waals surface area contributed by atoms with Crippen LogP contribution < -0.4 is 10.0 Å². The van der Waals surface area contributed by atoms with Gasteiger partial charge in [-0.05, 0) is 73.6 Å². The van der Waals surface area contributed by atoms with E-state index in [1.807, 2.05) is 0 Å². The molecule has 3 aliphatic rings. The molecule has 1 aromatic rings. The number of nitrogens with zero attached hydrogens (tertiary/aromatic N) is 1. The lowest BCUT2D eigenvalue weighted by Gasteiger charge is -2.42. The molecule has 1 fully saturated rings. The molecule has 0 atom stereocenters. The number of aryl methyl sites for hydroxylation is 2. The van der Waals surface area contributed by atoms with Crippen molar-refractivity contribution in [3.8, 4) is 0 Å². The van der Waals surface area contributed by atoms with Crippen molar-refractivity contribution in [2.75, 3.05) is 18.4 Å². The number of anilines is 1. The highest BCUT2D eigenvalue weighted by Crippen LogP contribution is 2.38. The standard InChI is InChI=1S/C20H29N3O8S/c24-18(21-17-15-5-1-3-12(15)11-13-4-2-6-16(13)17)22-32(30,31)14-7-9-23(10-8-14)19(25,26)20(27,28)29/h11,14,25-29H,1-10H2,(H2,21,22,24). The highest BCUT2D eigenvalue weighted by Gasteiger charge is 2.52. The number of fused-ring (bicyclic) bond motifs is 2. The summed E-state index contributed by atoms with van der Waals surface area (Å²) in [6.45, 7) is -0.521. The largest absolute Gasteiger partial charge is 0.349 e. The third-order valence-corrected chi connectivity index (χ3v) is 8.54. The minimum Gasteiger partial charge on any atom is -0.347 e. The molecule has 0 radical (unpaired) electrons. The number of nitrogens with one attached hydrogen (secondary N) is 2. The molecule has 1 aromatic carbocycles. The van der Waals surface area contributed by atoms with Crippen LogP contribution in [0.2, 0.25) is 0 Å². The van der Waals surface area contributed by atoms with Crippen molar-refractivity contribution in [1.82, 2.24) is 9.62 Å². The van der Waals surface area contributed by atoms with Crippen LogP contribution in [0.5, 0.6) is 0 Å². The first-order valence-electron chi connectivity index (χ1n) is 10.8. The molecule has 178 valence electrons. The molecule has 0 bridgehead atoms. The maximum absolute atomic E-state index is 12.7. The Kier molecular flexibility index (Phi) is 5.99. The van der Waals surface area contributed by atoms with E-state index in [2.05, 4.69) is 16.1 Å². The van der Waals surface area contributed by atoms with Crippen LogP contribution in [0.15, 0.2) is 6.07 Å². The minimum atomic E-state index is -4.07. The molecule has 4 rings (SSSR count). The molecule has 0 aromatic heterocycles. The molecule has 1 heterocycles. The van der Waals surface area contributed by atoms with Gasteiger partial charge >= 0.3 is 17.9 Å². The number of carbonyl (C=O) groups excluding carboxylic acids is 1. The van der Waals surface area contributed by atoms with E-state index in [0.717, 1.165) is 60.2 Å². The van der Waals surface area contributed by atoms with E-state index in [-0.39, 0.29) is 25.9 Å². The van der Waals surface area contributed by atoms with Gasteiger partial charge in [0.1, 0.15) is 0 Å². The summed E-state index contributed by atoms with van der Waals surface area (Å²) in [7, 11) is -4.07. The normalized spacial score (nSPS) is 20.2. The zero-order valence-electron chi connectivity index (χ0n) is 17.5. The number of piperidine rings is 1. The molecular formula is C20H29N3O8S. The SMILES string of the molecule is O=C(Nc1c2c(cc3c1CCC3)CCC2)NS(=O)(=O)C1CCN(C(O)(O)C(O)(O)O)CC1. The number of rotatable bonds is 5. The third kappa shape index (κ3) is 4.23. The van der Waals surface area contributed by atoms with E-state index in [1.165, 1.54) is 11.1 Å². The highest BCUT2D eigenvalue weighted by atomic mass is 32.2. The van der Waals surface area contributed by atoms with Crippen LogP contribution in [0.25, 0.3) is 0 Å². The number of aliphatic hydroxyl groups is 5. The quantitative estimate of drug-likeness (QED) is 0.261. The van der Waals surface area contributed by atoms with E-state index in [4.69, 9.17) is 15.3 Å². The summed E-state index contributed by atoms with van der Waals surface area (Å²) in [5.74, 6) is -7.16. The summed E-state index contributed by atoms with van der Waals surface area (Å²) in [6, 6.07) is 1.38. The number of hydrogen-bond donors (Lipinski definition) is 7. The first kappa shape index (κ1) is 23.4. The summed E-state index contributed by atoms with van der Waals surface area (Å²) in [6.07, 6.45) is 5.35. The first-order valence-corrected chi connectivity index (χ1v) is 12.3. The molecule has 11 nitrogen and oxygen atoms in total. The number of urea groups is 1. The van der Waals surface area contributed by atoms with Gasteiger partial charge in [0.15, 0.2) is 0 Å². The number of carbonyl (C=O) groups is 1. The van der Waals surface area contributed by atoms with Gasteiger partial charge in [-0.3, -0.25) is 0 Å². The fraction of sp³-hybridized carbons (Fsp3) is 0.650. The smallest absolute Gasteiger partial charge is 0.347 e. The van der Waals surface area contributed by atoms with Crippen molar-refractivity contribution in [1.29, 1.82) is 0 Å². The first-order chi connectivity index (χ1) is 14.9. The van der Waals surface area contributed by atoms with Crippen LogP contribution in [-0.4, -0.2) is 75.1 Å². The lowest BCUT2D eigenvalue weighted by Crippen LogP contribution is -2.66. The molecule has 0 unspecified atom stereocenters. The fourth-order valence-corrected chi connectivity index (χ4v) is 6.32. The van der Waals surface area contributed by atoms with Gasteiger partial charge in [-0.1, -0.05) is 6.07 Å². The number of benzene rings is 1. The molecule has 0 spiro atoms. The van der Waals surface area contributed by atoms with Gasteiger partial charge in [-0.25, -0.2) is 22.8 Å². The van der Waals surface area contributed by atoms with Gasteiger partial charge in [-0.2, -0.15) is 0 Å². The number of sulfonamides is 1. The molecule has 1 aliphatic heterocycles. The molecule has 32 heavy (non-hydrogen) atoms. The zero-order valence-corrected chi connectivity index (χ0v) is 18.4. The van der Waals surface area contributed by atoms with Crippen molar-refractivity contribution < 1.29 is 38.7 Å². The molecule has 0 saturated carbocycles. The maximum Gasteiger partial charge on any atom is 0.349 e. The topological polar surface area (TPSA) is 180 Å². The second kappa shape index (κ2) is 8.20. The molecule has 2 amide bonds. The molecule has 1 saturated heterocycles. The monoisotopic (exact) mass is 471 g/mol. The van der Waals surface area contributed by atoms with Gasteiger partial charge in [0.05, 0.1) is 5.25 Å². The average molecular weight is 472 g/mol. The Morgan fingerprint density at radius 3 is 1.97 bits per heavy atom. The fourth-order valence-electron chi connectivity index (χ4n) is 5.01. The summed E-state index contributed by atoms with van der Waals surface area (Å²) in [5.41, 5.74) is 5.30. The van der Waals surface area contributed by atoms with E-state index < -0.39 is 33.2 Å². The van der Waals surface area contributed by atoms with Gasteiger partial charge < -0.3 is 30.8 Å². The van der Waals surface area contributed by atoms with E-state index in [1.54, 1.807) is 0 Å². The van der Waals surface area contributed by atoms with Crippen LogP contribution in [0.3, 0.4) is 0 Å². The number of hydrogen-bond acceptors (Lipinski definition) is 9. The predicted molar refractivity (Wildman–Crippen MR) is 113 cm³/mol. The summed E-state index contributed by atoms with van der Waals surface area (Å²) in [5, 5.41) is 48.5. The Hall–Kier alpha value is -1.80. The summed E-state index contributed by atoms with van der Waals surface area (Å²) < 4.78 is 27.6. The maximum atomic E-state index is 12.7. The van der Waals surface area contributed by atoms with Crippen molar-refractivity contribution in [3.05, 3.63) is 28.3 Å². The summed E-state index contributed by atoms with van der Waals surface area (Å²) >= 11 is 0. The molecular weight excluding hydrogens is 442 g/mol. The van der Waals surface area contributed by atoms with Crippen molar-refractivity contribution in [2.24, 2.45) is 0 Å².